The smallest absolute Gasteiger partial charge is 0.225 e. The van der Waals surface area contributed by atoms with E-state index in [1.807, 2.05) is 41.8 Å². The van der Waals surface area contributed by atoms with Crippen LogP contribution >= 0.6 is 0 Å². The summed E-state index contributed by atoms with van der Waals surface area (Å²) in [5.74, 6) is 0.531. The molecular weight excluding hydrogens is 626 g/mol. The molecule has 0 aliphatic carbocycles. The van der Waals surface area contributed by atoms with Gasteiger partial charge >= 0.3 is 0 Å². The van der Waals surface area contributed by atoms with Gasteiger partial charge in [0.05, 0.1) is 58.0 Å². The van der Waals surface area contributed by atoms with Crippen molar-refractivity contribution in [1.29, 1.82) is 0 Å². The number of nitrogens with zero attached hydrogens (tertiary/aromatic N) is 6. The van der Waals surface area contributed by atoms with Crippen molar-refractivity contribution in [2.24, 2.45) is 5.73 Å². The Labute approximate surface area is 286 Å². The number of hydrogen-bond acceptors (Lipinski definition) is 11. The van der Waals surface area contributed by atoms with E-state index >= 15 is 0 Å². The van der Waals surface area contributed by atoms with Gasteiger partial charge in [0.1, 0.15) is 23.5 Å². The molecule has 1 aliphatic heterocycles. The zero-order chi connectivity index (χ0) is 34.4. The van der Waals surface area contributed by atoms with Gasteiger partial charge in [-0.25, -0.2) is 19.6 Å². The largest absolute Gasteiger partial charge is 0.383 e. The van der Waals surface area contributed by atoms with Gasteiger partial charge < -0.3 is 40.3 Å². The summed E-state index contributed by atoms with van der Waals surface area (Å²) in [4.78, 5) is 30.8. The van der Waals surface area contributed by atoms with Crippen molar-refractivity contribution in [3.05, 3.63) is 65.7 Å². The topological polar surface area (TPSA) is 182 Å². The number of aromatic nitrogens is 6. The van der Waals surface area contributed by atoms with Crippen molar-refractivity contribution in [1.82, 2.24) is 34.6 Å². The van der Waals surface area contributed by atoms with Crippen molar-refractivity contribution in [2.45, 2.75) is 39.8 Å². The number of carbonyl (C=O) groups is 1. The summed E-state index contributed by atoms with van der Waals surface area (Å²) in [6, 6.07) is 10.4. The molecule has 1 aromatic carbocycles. The van der Waals surface area contributed by atoms with Gasteiger partial charge in [-0.1, -0.05) is 18.2 Å². The monoisotopic (exact) mass is 673 g/mol. The van der Waals surface area contributed by atoms with Gasteiger partial charge in [-0.2, -0.15) is 5.10 Å². The van der Waals surface area contributed by atoms with Crippen molar-refractivity contribution in [2.75, 3.05) is 71.7 Å². The second-order valence-corrected chi connectivity index (χ2v) is 11.4. The Morgan fingerprint density at radius 3 is 2.49 bits per heavy atom. The van der Waals surface area contributed by atoms with Crippen LogP contribution in [0.2, 0.25) is 0 Å². The van der Waals surface area contributed by atoms with E-state index in [9.17, 15) is 4.79 Å². The number of benzene rings is 1. The highest BCUT2D eigenvalue weighted by atomic mass is 16.5. The molecule has 4 aromatic heterocycles. The Kier molecular flexibility index (Phi) is 13.4. The lowest BCUT2D eigenvalue weighted by Crippen LogP contribution is -2.36. The molecule has 49 heavy (non-hydrogen) atoms. The van der Waals surface area contributed by atoms with Gasteiger partial charge in [0.15, 0.2) is 5.65 Å². The molecule has 0 atom stereocenters. The molecular formula is C35H47N9O5. The van der Waals surface area contributed by atoms with E-state index in [-0.39, 0.29) is 5.91 Å². The fourth-order valence-electron chi connectivity index (χ4n) is 5.63. The van der Waals surface area contributed by atoms with E-state index < -0.39 is 0 Å². The van der Waals surface area contributed by atoms with Crippen LogP contribution in [0.5, 0.6) is 0 Å². The first-order valence-electron chi connectivity index (χ1n) is 16.8. The normalized spacial score (nSPS) is 12.7. The Bertz CT molecular complexity index is 1780. The summed E-state index contributed by atoms with van der Waals surface area (Å²) in [6.07, 6.45) is 6.37. The zero-order valence-corrected chi connectivity index (χ0v) is 28.4. The average Bonchev–Trinajstić information content (AvgIpc) is 3.75. The van der Waals surface area contributed by atoms with Crippen LogP contribution in [0.1, 0.15) is 37.0 Å². The summed E-state index contributed by atoms with van der Waals surface area (Å²) in [7, 11) is 0. The quantitative estimate of drug-likeness (QED) is 0.131. The number of H-pyrrole nitrogens is 1. The number of anilines is 1. The zero-order valence-electron chi connectivity index (χ0n) is 28.4. The van der Waals surface area contributed by atoms with Crippen LogP contribution in [0.3, 0.4) is 0 Å². The number of aromatic amines is 1. The van der Waals surface area contributed by atoms with E-state index in [1.54, 1.807) is 6.20 Å². The van der Waals surface area contributed by atoms with Crippen LogP contribution in [0.4, 0.5) is 5.82 Å². The molecule has 1 amide bonds. The third-order valence-electron chi connectivity index (χ3n) is 8.07. The minimum atomic E-state index is 0.142. The molecule has 5 aromatic rings. The molecule has 0 spiro atoms. The van der Waals surface area contributed by atoms with Gasteiger partial charge in [-0.15, -0.1) is 0 Å². The Hall–Kier alpha value is -4.47. The number of ether oxygens (including phenoxy) is 4. The Morgan fingerprint density at radius 1 is 0.918 bits per heavy atom. The number of fused-ring (bicyclic) bond motifs is 3. The molecule has 0 radical (unpaired) electrons. The summed E-state index contributed by atoms with van der Waals surface area (Å²) in [5.41, 5.74) is 18.1. The maximum atomic E-state index is 12.5. The fraction of sp³-hybridized carbons (Fsp3) is 0.457. The van der Waals surface area contributed by atoms with Crippen LogP contribution in [-0.4, -0.2) is 106 Å². The highest BCUT2D eigenvalue weighted by Gasteiger charge is 2.22. The molecule has 14 nitrogen and oxygen atoms in total. The molecule has 0 saturated heterocycles. The minimum Gasteiger partial charge on any atom is -0.383 e. The van der Waals surface area contributed by atoms with Crippen molar-refractivity contribution < 1.29 is 23.7 Å². The maximum absolute atomic E-state index is 12.5. The number of pyridine rings is 1. The van der Waals surface area contributed by atoms with E-state index in [0.29, 0.717) is 96.0 Å². The maximum Gasteiger partial charge on any atom is 0.225 e. The lowest BCUT2D eigenvalue weighted by atomic mass is 9.97. The first-order chi connectivity index (χ1) is 24.0. The molecule has 14 heteroatoms. The second kappa shape index (κ2) is 18.3. The summed E-state index contributed by atoms with van der Waals surface area (Å²) in [5, 5.41) is 6.63. The van der Waals surface area contributed by atoms with Crippen molar-refractivity contribution in [3.63, 3.8) is 0 Å². The third kappa shape index (κ3) is 9.58. The van der Waals surface area contributed by atoms with Gasteiger partial charge in [-0.3, -0.25) is 4.79 Å². The first-order valence-corrected chi connectivity index (χ1v) is 16.8. The molecule has 5 N–H and O–H groups in total. The lowest BCUT2D eigenvalue weighted by Gasteiger charge is -2.29. The Balaban J connectivity index is 0.000000335. The van der Waals surface area contributed by atoms with Crippen LogP contribution < -0.4 is 11.5 Å². The molecule has 6 rings (SSSR count). The molecule has 5 heterocycles. The molecule has 0 bridgehead atoms. The van der Waals surface area contributed by atoms with Gasteiger partial charge in [0, 0.05) is 56.2 Å². The van der Waals surface area contributed by atoms with Crippen molar-refractivity contribution >= 4 is 33.8 Å². The Morgan fingerprint density at radius 2 is 1.69 bits per heavy atom. The minimum absolute atomic E-state index is 0.142. The number of amides is 1. The second-order valence-electron chi connectivity index (χ2n) is 11.4. The first kappa shape index (κ1) is 35.8. The molecule has 0 unspecified atom stereocenters. The van der Waals surface area contributed by atoms with Crippen LogP contribution in [0, 0.1) is 0 Å². The highest BCUT2D eigenvalue weighted by molar-refractivity contribution is 5.99. The number of carbonyl (C=O) groups excluding carboxylic acids is 1. The van der Waals surface area contributed by atoms with Gasteiger partial charge in [-0.05, 0) is 49.1 Å². The number of nitrogen functional groups attached to an aromatic ring is 1. The molecule has 262 valence electrons. The predicted octanol–water partition coefficient (Wildman–Crippen LogP) is 3.33. The van der Waals surface area contributed by atoms with Gasteiger partial charge in [0.25, 0.3) is 0 Å². The summed E-state index contributed by atoms with van der Waals surface area (Å²) < 4.78 is 22.6. The van der Waals surface area contributed by atoms with Crippen LogP contribution in [0.25, 0.3) is 33.3 Å². The summed E-state index contributed by atoms with van der Waals surface area (Å²) in [6.45, 7) is 11.3. The predicted molar refractivity (Wildman–Crippen MR) is 188 cm³/mol. The number of nitrogens with two attached hydrogens (primary N) is 2. The number of nitrogens with one attached hydrogen (secondary N) is 1. The van der Waals surface area contributed by atoms with E-state index in [1.165, 1.54) is 17.5 Å². The number of hydrogen-bond donors (Lipinski definition) is 3. The van der Waals surface area contributed by atoms with E-state index in [4.69, 9.17) is 35.5 Å². The highest BCUT2D eigenvalue weighted by Crippen LogP contribution is 2.31. The number of rotatable bonds is 16. The fourth-order valence-corrected chi connectivity index (χ4v) is 5.63. The third-order valence-corrected chi connectivity index (χ3v) is 8.07. The summed E-state index contributed by atoms with van der Waals surface area (Å²) >= 11 is 0. The molecule has 0 fully saturated rings. The average molecular weight is 674 g/mol. The SMILES string of the molecule is CCOCCC(=O)N1CCc2cc(Cn3nc(-c4cnc5[nH]ccc5c4)c4c(N)ncnc43)ccc2C1.CCOCCOCCOCCN. The molecule has 0 saturated carbocycles. The van der Waals surface area contributed by atoms with Crippen LogP contribution in [-0.2, 0) is 43.3 Å². The van der Waals surface area contributed by atoms with E-state index in [2.05, 4.69) is 38.1 Å². The van der Waals surface area contributed by atoms with E-state index in [0.717, 1.165) is 40.6 Å². The standard InChI is InChI=1S/C27H28N8O2.C8H19NO3/c1-2-37-10-7-22(36)34-9-6-18-11-17(3-4-20(18)15-34)14-35-27-23(25(28)31-16-32-27)24(33-35)21-12-19-5-8-29-26(19)30-13-21;1-2-10-5-6-12-8-7-11-4-3-9/h3-5,8,11-13,16H,2,6-7,9-10,14-15H2,1H3,(H,29,30)(H2,28,31,32);2-9H2,1H3. The molecule has 1 aliphatic rings. The van der Waals surface area contributed by atoms with Gasteiger partial charge in [0.2, 0.25) is 5.91 Å². The lowest BCUT2D eigenvalue weighted by molar-refractivity contribution is -0.133. The van der Waals surface area contributed by atoms with Crippen LogP contribution in [0.15, 0.2) is 49.1 Å². The van der Waals surface area contributed by atoms with Crippen molar-refractivity contribution in [3.8, 4) is 11.3 Å².